The summed E-state index contributed by atoms with van der Waals surface area (Å²) in [5.41, 5.74) is 2.51. The Kier molecular flexibility index (Phi) is 5.15. The molecule has 0 heterocycles. The molecule has 0 aromatic heterocycles. The molecule has 1 unspecified atom stereocenters. The van der Waals surface area contributed by atoms with E-state index >= 15 is 0 Å². The number of carbonyl (C=O) groups is 1. The third-order valence-electron chi connectivity index (χ3n) is 3.55. The minimum Gasteiger partial charge on any atom is -0.496 e. The average molecular weight is 311 g/mol. The van der Waals surface area contributed by atoms with Gasteiger partial charge in [0.25, 0.3) is 0 Å². The summed E-state index contributed by atoms with van der Waals surface area (Å²) in [6.45, 7) is 14.4. The highest BCUT2D eigenvalue weighted by atomic mass is 35.5. The molecule has 2 nitrogen and oxygen atoms in total. The SMILES string of the molecule is COc1c(C(C)(C)C)cc(C(=O)C(C)Cl)cc1C(C)(C)C. The maximum Gasteiger partial charge on any atom is 0.180 e. The van der Waals surface area contributed by atoms with E-state index in [0.29, 0.717) is 5.56 Å². The van der Waals surface area contributed by atoms with Crippen LogP contribution in [0, 0.1) is 0 Å². The maximum absolute atomic E-state index is 12.3. The summed E-state index contributed by atoms with van der Waals surface area (Å²) in [4.78, 5) is 12.3. The predicted molar refractivity (Wildman–Crippen MR) is 90.0 cm³/mol. The van der Waals surface area contributed by atoms with Crippen LogP contribution in [0.2, 0.25) is 0 Å². The van der Waals surface area contributed by atoms with Crippen molar-refractivity contribution in [3.8, 4) is 5.75 Å². The van der Waals surface area contributed by atoms with E-state index in [9.17, 15) is 4.79 Å². The van der Waals surface area contributed by atoms with Crippen molar-refractivity contribution in [2.45, 2.75) is 64.7 Å². The maximum atomic E-state index is 12.3. The molecule has 0 fully saturated rings. The van der Waals surface area contributed by atoms with Gasteiger partial charge in [-0.3, -0.25) is 4.79 Å². The minimum absolute atomic E-state index is 0.0460. The van der Waals surface area contributed by atoms with Crippen LogP contribution in [0.15, 0.2) is 12.1 Å². The number of ether oxygens (including phenoxy) is 1. The van der Waals surface area contributed by atoms with Gasteiger partial charge in [0.15, 0.2) is 5.78 Å². The topological polar surface area (TPSA) is 26.3 Å². The predicted octanol–water partition coefficient (Wildman–Crippen LogP) is 5.10. The number of benzene rings is 1. The molecule has 0 amide bonds. The lowest BCUT2D eigenvalue weighted by molar-refractivity contribution is 0.0991. The molecular weight excluding hydrogens is 284 g/mol. The van der Waals surface area contributed by atoms with E-state index in [1.165, 1.54) is 0 Å². The first-order valence-corrected chi connectivity index (χ1v) is 7.74. The second-order valence-corrected chi connectivity index (χ2v) is 8.24. The first-order valence-electron chi connectivity index (χ1n) is 7.31. The summed E-state index contributed by atoms with van der Waals surface area (Å²) < 4.78 is 5.68. The van der Waals surface area contributed by atoms with Gasteiger partial charge in [0.2, 0.25) is 0 Å². The minimum atomic E-state index is -0.529. The van der Waals surface area contributed by atoms with Crippen LogP contribution < -0.4 is 4.74 Å². The zero-order valence-corrected chi connectivity index (χ0v) is 15.2. The summed E-state index contributed by atoms with van der Waals surface area (Å²) >= 11 is 5.99. The quantitative estimate of drug-likeness (QED) is 0.573. The molecule has 0 bridgehead atoms. The summed E-state index contributed by atoms with van der Waals surface area (Å²) in [5, 5.41) is -0.529. The monoisotopic (exact) mass is 310 g/mol. The number of halogens is 1. The van der Waals surface area contributed by atoms with Crippen LogP contribution in [-0.2, 0) is 10.8 Å². The first-order chi connectivity index (χ1) is 9.39. The summed E-state index contributed by atoms with van der Waals surface area (Å²) in [6.07, 6.45) is 0. The molecular formula is C18H27ClO2. The van der Waals surface area contributed by atoms with Crippen molar-refractivity contribution in [1.82, 2.24) is 0 Å². The number of carbonyl (C=O) groups excluding carboxylic acids is 1. The molecule has 1 aromatic carbocycles. The summed E-state index contributed by atoms with van der Waals surface area (Å²) in [7, 11) is 1.69. The van der Waals surface area contributed by atoms with E-state index in [-0.39, 0.29) is 16.6 Å². The van der Waals surface area contributed by atoms with Crippen molar-refractivity contribution < 1.29 is 9.53 Å². The van der Waals surface area contributed by atoms with Gasteiger partial charge >= 0.3 is 0 Å². The lowest BCUT2D eigenvalue weighted by atomic mass is 9.78. The van der Waals surface area contributed by atoms with Crippen molar-refractivity contribution >= 4 is 17.4 Å². The molecule has 0 aliphatic heterocycles. The van der Waals surface area contributed by atoms with Crippen molar-refractivity contribution in [2.75, 3.05) is 7.11 Å². The zero-order chi connectivity index (χ0) is 16.6. The lowest BCUT2D eigenvalue weighted by Gasteiger charge is -2.30. The third kappa shape index (κ3) is 4.00. The second kappa shape index (κ2) is 6.00. The Balaban J connectivity index is 3.71. The van der Waals surface area contributed by atoms with E-state index in [1.807, 2.05) is 12.1 Å². The van der Waals surface area contributed by atoms with Crippen molar-refractivity contribution in [3.05, 3.63) is 28.8 Å². The molecule has 0 spiro atoms. The Labute approximate surface area is 133 Å². The molecule has 0 aliphatic carbocycles. The fourth-order valence-corrected chi connectivity index (χ4v) is 2.46. The van der Waals surface area contributed by atoms with Gasteiger partial charge in [-0.15, -0.1) is 11.6 Å². The Bertz CT molecular complexity index is 496. The van der Waals surface area contributed by atoms with Crippen LogP contribution in [0.3, 0.4) is 0 Å². The largest absolute Gasteiger partial charge is 0.496 e. The summed E-state index contributed by atoms with van der Waals surface area (Å²) in [6, 6.07) is 3.85. The first kappa shape index (κ1) is 18.0. The molecule has 3 heteroatoms. The van der Waals surface area contributed by atoms with Crippen LogP contribution in [0.25, 0.3) is 0 Å². The van der Waals surface area contributed by atoms with Crippen molar-refractivity contribution in [2.24, 2.45) is 0 Å². The second-order valence-electron chi connectivity index (χ2n) is 7.58. The Morgan fingerprint density at radius 1 is 1.05 bits per heavy atom. The molecule has 0 N–H and O–H groups in total. The lowest BCUT2D eigenvalue weighted by Crippen LogP contribution is -2.21. The molecule has 0 radical (unpaired) electrons. The van der Waals surface area contributed by atoms with Crippen LogP contribution in [0.4, 0.5) is 0 Å². The highest BCUT2D eigenvalue weighted by Crippen LogP contribution is 2.40. The number of alkyl halides is 1. The van der Waals surface area contributed by atoms with E-state index in [1.54, 1.807) is 14.0 Å². The van der Waals surface area contributed by atoms with Gasteiger partial charge in [0, 0.05) is 16.7 Å². The highest BCUT2D eigenvalue weighted by Gasteiger charge is 2.29. The van der Waals surface area contributed by atoms with E-state index in [0.717, 1.165) is 16.9 Å². The van der Waals surface area contributed by atoms with Crippen molar-refractivity contribution in [1.29, 1.82) is 0 Å². The molecule has 21 heavy (non-hydrogen) atoms. The number of hydrogen-bond donors (Lipinski definition) is 0. The van der Waals surface area contributed by atoms with Gasteiger partial charge in [-0.05, 0) is 29.9 Å². The van der Waals surface area contributed by atoms with Gasteiger partial charge in [-0.1, -0.05) is 41.5 Å². The van der Waals surface area contributed by atoms with Gasteiger partial charge in [-0.2, -0.15) is 0 Å². The molecule has 0 saturated carbocycles. The number of rotatable bonds is 3. The molecule has 1 aromatic rings. The number of hydrogen-bond acceptors (Lipinski definition) is 2. The van der Waals surface area contributed by atoms with Crippen LogP contribution in [0.1, 0.15) is 70.0 Å². The summed E-state index contributed by atoms with van der Waals surface area (Å²) in [5.74, 6) is 0.823. The third-order valence-corrected chi connectivity index (χ3v) is 3.75. The zero-order valence-electron chi connectivity index (χ0n) is 14.4. The normalized spacial score (nSPS) is 14.0. The van der Waals surface area contributed by atoms with E-state index in [2.05, 4.69) is 41.5 Å². The van der Waals surface area contributed by atoms with E-state index < -0.39 is 5.38 Å². The smallest absolute Gasteiger partial charge is 0.180 e. The fourth-order valence-electron chi connectivity index (χ4n) is 2.33. The standard InChI is InChI=1S/C18H27ClO2/c1-11(19)15(20)12-9-13(17(2,3)4)16(21-8)14(10-12)18(5,6)7/h9-11H,1-8H3. The highest BCUT2D eigenvalue weighted by molar-refractivity contribution is 6.33. The fraction of sp³-hybridized carbons (Fsp3) is 0.611. The van der Waals surface area contributed by atoms with Crippen LogP contribution in [-0.4, -0.2) is 18.3 Å². The van der Waals surface area contributed by atoms with Crippen molar-refractivity contribution in [3.63, 3.8) is 0 Å². The van der Waals surface area contributed by atoms with Gasteiger partial charge in [0.05, 0.1) is 12.5 Å². The van der Waals surface area contributed by atoms with E-state index in [4.69, 9.17) is 16.3 Å². The molecule has 0 aliphatic rings. The van der Waals surface area contributed by atoms with Gasteiger partial charge < -0.3 is 4.74 Å². The van der Waals surface area contributed by atoms with Gasteiger partial charge in [-0.25, -0.2) is 0 Å². The average Bonchev–Trinajstić information content (AvgIpc) is 2.33. The molecule has 0 saturated heterocycles. The number of ketones is 1. The van der Waals surface area contributed by atoms with Crippen LogP contribution >= 0.6 is 11.6 Å². The number of methoxy groups -OCH3 is 1. The number of Topliss-reactive ketones (excluding diaryl/α,β-unsaturated/α-hetero) is 1. The Morgan fingerprint density at radius 2 is 1.43 bits per heavy atom. The molecule has 1 atom stereocenters. The Morgan fingerprint density at radius 3 is 1.67 bits per heavy atom. The van der Waals surface area contributed by atoms with Gasteiger partial charge in [0.1, 0.15) is 5.75 Å². The Hall–Kier alpha value is -1.02. The van der Waals surface area contributed by atoms with Crippen LogP contribution in [0.5, 0.6) is 5.75 Å². The molecule has 118 valence electrons. The molecule has 1 rings (SSSR count).